The van der Waals surface area contributed by atoms with E-state index in [0.29, 0.717) is 11.9 Å². The number of hydrogen-bond donors (Lipinski definition) is 2. The Balaban J connectivity index is 2.39. The summed E-state index contributed by atoms with van der Waals surface area (Å²) < 4.78 is 0. The number of likely N-dealkylation sites (tertiary alicyclic amines) is 1. The zero-order chi connectivity index (χ0) is 13.4. The van der Waals surface area contributed by atoms with E-state index in [1.165, 1.54) is 12.8 Å². The van der Waals surface area contributed by atoms with Crippen LogP contribution in [0.5, 0.6) is 0 Å². The molecule has 106 valence electrons. The summed E-state index contributed by atoms with van der Waals surface area (Å²) >= 11 is 0. The molecule has 0 aromatic heterocycles. The molecule has 0 spiro atoms. The van der Waals surface area contributed by atoms with Gasteiger partial charge in [-0.2, -0.15) is 0 Å². The van der Waals surface area contributed by atoms with Crippen LogP contribution in [0.3, 0.4) is 0 Å². The maximum absolute atomic E-state index is 9.02. The molecule has 0 aliphatic carbocycles. The van der Waals surface area contributed by atoms with E-state index in [2.05, 4.69) is 23.7 Å². The minimum atomic E-state index is 0.251. The quantitative estimate of drug-likeness (QED) is 0.562. The van der Waals surface area contributed by atoms with E-state index in [4.69, 9.17) is 10.8 Å². The zero-order valence-corrected chi connectivity index (χ0v) is 11.9. The largest absolute Gasteiger partial charge is 0.396 e. The van der Waals surface area contributed by atoms with Gasteiger partial charge in [0, 0.05) is 26.2 Å². The molecule has 1 fully saturated rings. The molecule has 1 rings (SSSR count). The summed E-state index contributed by atoms with van der Waals surface area (Å²) in [6.45, 7) is 7.55. The average molecular weight is 255 g/mol. The maximum atomic E-state index is 9.02. The fourth-order valence-corrected chi connectivity index (χ4v) is 2.48. The molecule has 0 bridgehead atoms. The van der Waals surface area contributed by atoms with Crippen molar-refractivity contribution in [2.75, 3.05) is 26.2 Å². The maximum Gasteiger partial charge on any atom is 0.191 e. The molecule has 0 amide bonds. The first-order chi connectivity index (χ1) is 8.67. The van der Waals surface area contributed by atoms with Gasteiger partial charge >= 0.3 is 0 Å². The van der Waals surface area contributed by atoms with Crippen molar-refractivity contribution in [1.82, 2.24) is 4.90 Å². The van der Waals surface area contributed by atoms with Crippen LogP contribution in [-0.2, 0) is 0 Å². The van der Waals surface area contributed by atoms with E-state index < -0.39 is 0 Å². The van der Waals surface area contributed by atoms with Crippen LogP contribution in [0.2, 0.25) is 0 Å². The molecule has 18 heavy (non-hydrogen) atoms. The Kier molecular flexibility index (Phi) is 7.09. The van der Waals surface area contributed by atoms with E-state index in [1.807, 2.05) is 0 Å². The van der Waals surface area contributed by atoms with Gasteiger partial charge in [0.05, 0.1) is 0 Å². The molecule has 0 aromatic carbocycles. The van der Waals surface area contributed by atoms with Crippen molar-refractivity contribution in [3.63, 3.8) is 0 Å². The molecule has 0 aromatic rings. The lowest BCUT2D eigenvalue weighted by Gasteiger charge is -2.31. The first-order valence-electron chi connectivity index (χ1n) is 7.33. The Morgan fingerprint density at radius 3 is 2.61 bits per heavy atom. The van der Waals surface area contributed by atoms with Crippen LogP contribution in [0.4, 0.5) is 0 Å². The molecule has 1 saturated heterocycles. The van der Waals surface area contributed by atoms with Gasteiger partial charge < -0.3 is 15.7 Å². The van der Waals surface area contributed by atoms with Crippen molar-refractivity contribution in [1.29, 1.82) is 0 Å². The predicted molar refractivity (Wildman–Crippen MR) is 76.6 cm³/mol. The molecule has 4 heteroatoms. The molecule has 1 aliphatic rings. The van der Waals surface area contributed by atoms with Gasteiger partial charge in [0.25, 0.3) is 0 Å². The monoisotopic (exact) mass is 255 g/mol. The fourth-order valence-electron chi connectivity index (χ4n) is 2.48. The highest BCUT2D eigenvalue weighted by Gasteiger charge is 2.17. The van der Waals surface area contributed by atoms with E-state index in [9.17, 15) is 0 Å². The Morgan fingerprint density at radius 1 is 1.39 bits per heavy atom. The molecule has 1 atom stereocenters. The number of nitrogens with two attached hydrogens (primary N) is 1. The third-order valence-corrected chi connectivity index (χ3v) is 3.85. The Bertz CT molecular complexity index is 241. The van der Waals surface area contributed by atoms with E-state index >= 15 is 0 Å². The summed E-state index contributed by atoms with van der Waals surface area (Å²) in [5, 5.41) is 9.02. The zero-order valence-electron chi connectivity index (χ0n) is 11.9. The predicted octanol–water partition coefficient (Wildman–Crippen LogP) is 1.83. The van der Waals surface area contributed by atoms with Crippen LogP contribution in [0, 0.1) is 11.8 Å². The number of aliphatic hydroxyl groups is 1. The van der Waals surface area contributed by atoms with Crippen molar-refractivity contribution < 1.29 is 5.11 Å². The van der Waals surface area contributed by atoms with Crippen molar-refractivity contribution in [2.45, 2.75) is 46.0 Å². The van der Waals surface area contributed by atoms with E-state index in [0.717, 1.165) is 44.8 Å². The molecular weight excluding hydrogens is 226 g/mol. The minimum Gasteiger partial charge on any atom is -0.396 e. The highest BCUT2D eigenvalue weighted by molar-refractivity contribution is 5.78. The van der Waals surface area contributed by atoms with Crippen LogP contribution >= 0.6 is 0 Å². The van der Waals surface area contributed by atoms with Crippen LogP contribution in [0.15, 0.2) is 4.99 Å². The number of guanidine groups is 1. The van der Waals surface area contributed by atoms with Crippen LogP contribution < -0.4 is 5.73 Å². The second-order valence-corrected chi connectivity index (χ2v) is 5.54. The molecule has 3 N–H and O–H groups in total. The smallest absolute Gasteiger partial charge is 0.191 e. The number of aliphatic hydroxyl groups excluding tert-OH is 1. The lowest BCUT2D eigenvalue weighted by molar-refractivity contribution is 0.252. The van der Waals surface area contributed by atoms with Gasteiger partial charge in [0.1, 0.15) is 0 Å². The molecule has 0 radical (unpaired) electrons. The number of aliphatic imine (C=N–C) groups is 1. The second kappa shape index (κ2) is 8.35. The molecular formula is C14H29N3O. The van der Waals surface area contributed by atoms with Crippen LogP contribution in [-0.4, -0.2) is 42.2 Å². The number of rotatable bonds is 6. The van der Waals surface area contributed by atoms with Crippen molar-refractivity contribution in [2.24, 2.45) is 22.6 Å². The molecule has 1 unspecified atom stereocenters. The Morgan fingerprint density at radius 2 is 2.06 bits per heavy atom. The van der Waals surface area contributed by atoms with Crippen LogP contribution in [0.1, 0.15) is 46.0 Å². The van der Waals surface area contributed by atoms with Gasteiger partial charge in [-0.25, -0.2) is 0 Å². The summed E-state index contributed by atoms with van der Waals surface area (Å²) in [5.41, 5.74) is 6.05. The second-order valence-electron chi connectivity index (χ2n) is 5.54. The van der Waals surface area contributed by atoms with Crippen molar-refractivity contribution in [3.05, 3.63) is 0 Å². The van der Waals surface area contributed by atoms with E-state index in [-0.39, 0.29) is 6.61 Å². The summed E-state index contributed by atoms with van der Waals surface area (Å²) in [7, 11) is 0. The first-order valence-corrected chi connectivity index (χ1v) is 7.33. The fraction of sp³-hybridized carbons (Fsp3) is 0.929. The number of nitrogens with zero attached hydrogens (tertiary/aromatic N) is 2. The summed E-state index contributed by atoms with van der Waals surface area (Å²) in [4.78, 5) is 6.72. The summed E-state index contributed by atoms with van der Waals surface area (Å²) in [6.07, 6.45) is 5.52. The Labute approximate surface area is 111 Å². The lowest BCUT2D eigenvalue weighted by Crippen LogP contribution is -2.42. The van der Waals surface area contributed by atoms with Gasteiger partial charge in [-0.3, -0.25) is 4.99 Å². The molecule has 1 heterocycles. The lowest BCUT2D eigenvalue weighted by atomic mass is 9.99. The standard InChI is InChI=1S/C14H29N3O/c1-3-4-13(7-10-18)11-16-14(15)17-8-5-12(2)6-9-17/h12-13,18H,3-11H2,1-2H3,(H2,15,16). The van der Waals surface area contributed by atoms with Gasteiger partial charge in [-0.05, 0) is 37.5 Å². The van der Waals surface area contributed by atoms with Gasteiger partial charge in [-0.1, -0.05) is 20.3 Å². The van der Waals surface area contributed by atoms with Crippen LogP contribution in [0.25, 0.3) is 0 Å². The Hall–Kier alpha value is -0.770. The highest BCUT2D eigenvalue weighted by Crippen LogP contribution is 2.16. The third-order valence-electron chi connectivity index (χ3n) is 3.85. The van der Waals surface area contributed by atoms with Crippen molar-refractivity contribution >= 4 is 5.96 Å². The topological polar surface area (TPSA) is 61.9 Å². The minimum absolute atomic E-state index is 0.251. The first kappa shape index (κ1) is 15.3. The SMILES string of the molecule is CCCC(CCO)CN=C(N)N1CCC(C)CC1. The molecule has 4 nitrogen and oxygen atoms in total. The summed E-state index contributed by atoms with van der Waals surface area (Å²) in [6, 6.07) is 0. The van der Waals surface area contributed by atoms with Gasteiger partial charge in [0.2, 0.25) is 0 Å². The third kappa shape index (κ3) is 5.25. The molecule has 0 saturated carbocycles. The highest BCUT2D eigenvalue weighted by atomic mass is 16.3. The van der Waals surface area contributed by atoms with Crippen molar-refractivity contribution in [3.8, 4) is 0 Å². The van der Waals surface area contributed by atoms with Gasteiger partial charge in [0.15, 0.2) is 5.96 Å². The average Bonchev–Trinajstić information content (AvgIpc) is 2.37. The molecule has 1 aliphatic heterocycles. The number of hydrogen-bond acceptors (Lipinski definition) is 2. The van der Waals surface area contributed by atoms with E-state index in [1.54, 1.807) is 0 Å². The normalized spacial score (nSPS) is 20.2. The van der Waals surface area contributed by atoms with Gasteiger partial charge in [-0.15, -0.1) is 0 Å². The number of piperidine rings is 1. The summed E-state index contributed by atoms with van der Waals surface area (Å²) in [5.74, 6) is 1.99.